The van der Waals surface area contributed by atoms with Crippen LogP contribution in [0.4, 0.5) is 10.8 Å². The van der Waals surface area contributed by atoms with Gasteiger partial charge in [-0.3, -0.25) is 10.1 Å². The van der Waals surface area contributed by atoms with E-state index in [0.29, 0.717) is 10.7 Å². The van der Waals surface area contributed by atoms with Crippen molar-refractivity contribution in [3.63, 3.8) is 0 Å². The number of carbonyl (C=O) groups excluding carboxylic acids is 1. The largest absolute Gasteiger partial charge is 0.393 e. The van der Waals surface area contributed by atoms with Crippen molar-refractivity contribution in [3.8, 4) is 0 Å². The molecule has 5 nitrogen and oxygen atoms in total. The SMILES string of the molecule is CCCc1csc(NC(=O)c2ccc(N3CCC(O)CC3)cc2)n1. The standard InChI is InChI=1S/C18H23N3O2S/c1-2-3-14-12-24-18(19-14)20-17(23)13-4-6-15(7-5-13)21-10-8-16(22)9-11-21/h4-7,12,16,22H,2-3,8-11H2,1H3,(H,19,20,23). The molecule has 2 N–H and O–H groups in total. The summed E-state index contributed by atoms with van der Waals surface area (Å²) >= 11 is 1.46. The summed E-state index contributed by atoms with van der Waals surface area (Å²) in [5.41, 5.74) is 2.75. The van der Waals surface area contributed by atoms with E-state index in [2.05, 4.69) is 22.1 Å². The van der Waals surface area contributed by atoms with Gasteiger partial charge in [-0.2, -0.15) is 0 Å². The number of hydrogen-bond acceptors (Lipinski definition) is 5. The molecular weight excluding hydrogens is 322 g/mol. The number of thiazole rings is 1. The zero-order valence-electron chi connectivity index (χ0n) is 13.9. The van der Waals surface area contributed by atoms with E-state index in [0.717, 1.165) is 50.2 Å². The van der Waals surface area contributed by atoms with E-state index in [1.165, 1.54) is 11.3 Å². The van der Waals surface area contributed by atoms with Gasteiger partial charge in [0, 0.05) is 29.7 Å². The lowest BCUT2D eigenvalue weighted by atomic mass is 10.1. The molecule has 24 heavy (non-hydrogen) atoms. The van der Waals surface area contributed by atoms with E-state index in [1.54, 1.807) is 0 Å². The first-order valence-corrected chi connectivity index (χ1v) is 9.32. The molecule has 1 aromatic carbocycles. The molecule has 1 saturated heterocycles. The average molecular weight is 345 g/mol. The summed E-state index contributed by atoms with van der Waals surface area (Å²) in [7, 11) is 0. The number of hydrogen-bond donors (Lipinski definition) is 2. The van der Waals surface area contributed by atoms with Crippen LogP contribution in [0.5, 0.6) is 0 Å². The van der Waals surface area contributed by atoms with Crippen LogP contribution in [0.3, 0.4) is 0 Å². The number of nitrogens with one attached hydrogen (secondary N) is 1. The Morgan fingerprint density at radius 2 is 2.04 bits per heavy atom. The van der Waals surface area contributed by atoms with Crippen LogP contribution >= 0.6 is 11.3 Å². The number of nitrogens with zero attached hydrogens (tertiary/aromatic N) is 2. The number of aromatic nitrogens is 1. The minimum atomic E-state index is -0.179. The van der Waals surface area contributed by atoms with Crippen molar-refractivity contribution >= 4 is 28.1 Å². The molecule has 0 spiro atoms. The first-order valence-electron chi connectivity index (χ1n) is 8.44. The molecule has 1 fully saturated rings. The fourth-order valence-electron chi connectivity index (χ4n) is 2.85. The molecule has 2 heterocycles. The van der Waals surface area contributed by atoms with E-state index in [9.17, 15) is 9.90 Å². The summed E-state index contributed by atoms with van der Waals surface area (Å²) in [5, 5.41) is 15.1. The third kappa shape index (κ3) is 4.13. The number of aryl methyl sites for hydroxylation is 1. The number of benzene rings is 1. The van der Waals surface area contributed by atoms with Crippen molar-refractivity contribution in [3.05, 3.63) is 40.9 Å². The lowest BCUT2D eigenvalue weighted by Crippen LogP contribution is -2.35. The van der Waals surface area contributed by atoms with E-state index in [1.807, 2.05) is 29.6 Å². The Balaban J connectivity index is 1.61. The van der Waals surface area contributed by atoms with Crippen LogP contribution in [0.15, 0.2) is 29.6 Å². The van der Waals surface area contributed by atoms with Crippen LogP contribution in [0.25, 0.3) is 0 Å². The predicted octanol–water partition coefficient (Wildman–Crippen LogP) is 3.31. The lowest BCUT2D eigenvalue weighted by Gasteiger charge is -2.31. The molecule has 1 aromatic heterocycles. The number of aliphatic hydroxyl groups is 1. The van der Waals surface area contributed by atoms with Crippen molar-refractivity contribution in [2.24, 2.45) is 0 Å². The van der Waals surface area contributed by atoms with E-state index < -0.39 is 0 Å². The van der Waals surface area contributed by atoms with E-state index >= 15 is 0 Å². The zero-order valence-corrected chi connectivity index (χ0v) is 14.7. The number of amides is 1. The van der Waals surface area contributed by atoms with Gasteiger partial charge in [0.1, 0.15) is 0 Å². The summed E-state index contributed by atoms with van der Waals surface area (Å²) in [6, 6.07) is 7.63. The number of piperidine rings is 1. The molecule has 0 saturated carbocycles. The Hall–Kier alpha value is -1.92. The van der Waals surface area contributed by atoms with Gasteiger partial charge in [0.2, 0.25) is 0 Å². The van der Waals surface area contributed by atoms with Gasteiger partial charge >= 0.3 is 0 Å². The van der Waals surface area contributed by atoms with Crippen LogP contribution in [0.2, 0.25) is 0 Å². The fraction of sp³-hybridized carbons (Fsp3) is 0.444. The molecule has 2 aromatic rings. The maximum atomic E-state index is 12.3. The average Bonchev–Trinajstić information content (AvgIpc) is 3.03. The summed E-state index contributed by atoms with van der Waals surface area (Å²) in [6.07, 6.45) is 3.40. The summed E-state index contributed by atoms with van der Waals surface area (Å²) in [6.45, 7) is 3.82. The second-order valence-corrected chi connectivity index (χ2v) is 6.97. The molecule has 0 bridgehead atoms. The topological polar surface area (TPSA) is 65.5 Å². The molecular formula is C18H23N3O2S. The van der Waals surface area contributed by atoms with Gasteiger partial charge in [-0.05, 0) is 43.5 Å². The molecule has 1 aliphatic rings. The summed E-state index contributed by atoms with van der Waals surface area (Å²) in [5.74, 6) is -0.131. The van der Waals surface area contributed by atoms with Gasteiger partial charge in [-0.15, -0.1) is 11.3 Å². The van der Waals surface area contributed by atoms with Gasteiger partial charge in [-0.1, -0.05) is 13.3 Å². The monoisotopic (exact) mass is 345 g/mol. The zero-order chi connectivity index (χ0) is 16.9. The minimum Gasteiger partial charge on any atom is -0.393 e. The first kappa shape index (κ1) is 16.9. The van der Waals surface area contributed by atoms with E-state index in [4.69, 9.17) is 0 Å². The van der Waals surface area contributed by atoms with Crippen molar-refractivity contribution in [2.45, 2.75) is 38.7 Å². The maximum Gasteiger partial charge on any atom is 0.257 e. The molecule has 6 heteroatoms. The molecule has 0 unspecified atom stereocenters. The lowest BCUT2D eigenvalue weighted by molar-refractivity contribution is 0.102. The Morgan fingerprint density at radius 1 is 1.33 bits per heavy atom. The van der Waals surface area contributed by atoms with Crippen LogP contribution in [0.1, 0.15) is 42.2 Å². The molecule has 0 atom stereocenters. The molecule has 1 amide bonds. The van der Waals surface area contributed by atoms with Crippen molar-refractivity contribution in [2.75, 3.05) is 23.3 Å². The second kappa shape index (κ2) is 7.77. The number of carbonyl (C=O) groups is 1. The smallest absolute Gasteiger partial charge is 0.257 e. The van der Waals surface area contributed by atoms with Crippen LogP contribution in [-0.4, -0.2) is 35.2 Å². The number of aliphatic hydroxyl groups excluding tert-OH is 1. The van der Waals surface area contributed by atoms with Crippen molar-refractivity contribution < 1.29 is 9.90 Å². The van der Waals surface area contributed by atoms with Gasteiger partial charge < -0.3 is 10.0 Å². The predicted molar refractivity (Wildman–Crippen MR) is 98.0 cm³/mol. The fourth-order valence-corrected chi connectivity index (χ4v) is 3.59. The first-order chi connectivity index (χ1) is 11.7. The van der Waals surface area contributed by atoms with Gasteiger partial charge in [0.05, 0.1) is 11.8 Å². The van der Waals surface area contributed by atoms with E-state index in [-0.39, 0.29) is 12.0 Å². The number of anilines is 2. The third-order valence-electron chi connectivity index (χ3n) is 4.24. The quantitative estimate of drug-likeness (QED) is 0.872. The highest BCUT2D eigenvalue weighted by Crippen LogP contribution is 2.22. The molecule has 3 rings (SSSR count). The molecule has 0 radical (unpaired) electrons. The van der Waals surface area contributed by atoms with Gasteiger partial charge in [-0.25, -0.2) is 4.98 Å². The molecule has 0 aliphatic carbocycles. The highest BCUT2D eigenvalue weighted by atomic mass is 32.1. The Bertz CT molecular complexity index is 676. The summed E-state index contributed by atoms with van der Waals surface area (Å²) in [4.78, 5) is 19.0. The second-order valence-electron chi connectivity index (χ2n) is 6.11. The van der Waals surface area contributed by atoms with Gasteiger partial charge in [0.25, 0.3) is 5.91 Å². The van der Waals surface area contributed by atoms with Crippen LogP contribution in [0, 0.1) is 0 Å². The summed E-state index contributed by atoms with van der Waals surface area (Å²) < 4.78 is 0. The molecule has 1 aliphatic heterocycles. The number of rotatable bonds is 5. The third-order valence-corrected chi connectivity index (χ3v) is 5.04. The van der Waals surface area contributed by atoms with Crippen LogP contribution in [-0.2, 0) is 6.42 Å². The normalized spacial score (nSPS) is 15.5. The Morgan fingerprint density at radius 3 is 2.71 bits per heavy atom. The highest BCUT2D eigenvalue weighted by molar-refractivity contribution is 7.13. The maximum absolute atomic E-state index is 12.3. The highest BCUT2D eigenvalue weighted by Gasteiger charge is 2.17. The Labute approximate surface area is 146 Å². The van der Waals surface area contributed by atoms with Crippen LogP contribution < -0.4 is 10.2 Å². The van der Waals surface area contributed by atoms with Crippen molar-refractivity contribution in [1.29, 1.82) is 0 Å². The van der Waals surface area contributed by atoms with Gasteiger partial charge in [0.15, 0.2) is 5.13 Å². The Kier molecular flexibility index (Phi) is 5.48. The molecule has 128 valence electrons. The minimum absolute atomic E-state index is 0.131. The van der Waals surface area contributed by atoms with Crippen molar-refractivity contribution in [1.82, 2.24) is 4.98 Å².